The molecule has 2 radical (unpaired) electrons. The van der Waals surface area contributed by atoms with Crippen molar-refractivity contribution in [2.75, 3.05) is 0 Å². The van der Waals surface area contributed by atoms with Crippen LogP contribution in [0.15, 0.2) is 0 Å². The number of alkyl halides is 3. The van der Waals surface area contributed by atoms with E-state index in [2.05, 4.69) is 4.43 Å². The molecule has 0 saturated heterocycles. The lowest BCUT2D eigenvalue weighted by Gasteiger charge is -2.01. The van der Waals surface area contributed by atoms with E-state index in [0.29, 0.717) is 0 Å². The zero-order chi connectivity index (χ0) is 5.91. The third kappa shape index (κ3) is 5.97. The number of rotatable bonds is 1. The van der Waals surface area contributed by atoms with Crippen LogP contribution in [-0.2, 0) is 4.43 Å². The van der Waals surface area contributed by atoms with Gasteiger partial charge in [0.2, 0.25) is 9.76 Å². The quantitative estimate of drug-likeness (QED) is 0.482. The minimum absolute atomic E-state index is 0.516. The second-order valence-electron chi connectivity index (χ2n) is 0.752. The first-order valence-electron chi connectivity index (χ1n) is 1.48. The summed E-state index contributed by atoms with van der Waals surface area (Å²) in [4.78, 5) is 0. The van der Waals surface area contributed by atoms with E-state index in [-0.39, 0.29) is 0 Å². The van der Waals surface area contributed by atoms with Gasteiger partial charge in [-0.2, -0.15) is 0 Å². The van der Waals surface area contributed by atoms with Crippen LogP contribution in [0.3, 0.4) is 0 Å². The Morgan fingerprint density at radius 1 is 1.43 bits per heavy atom. The van der Waals surface area contributed by atoms with Crippen molar-refractivity contribution in [3.63, 3.8) is 0 Å². The normalized spacial score (nSPS) is 12.0. The van der Waals surface area contributed by atoms with Gasteiger partial charge in [0.05, 0.1) is 0 Å². The summed E-state index contributed by atoms with van der Waals surface area (Å²) >= 11 is 0. The van der Waals surface area contributed by atoms with Crippen molar-refractivity contribution < 1.29 is 17.6 Å². The molecule has 0 amide bonds. The second-order valence-corrected chi connectivity index (χ2v) is 1.36. The van der Waals surface area contributed by atoms with Crippen LogP contribution in [0, 0.1) is 0 Å². The van der Waals surface area contributed by atoms with Gasteiger partial charge in [0.15, 0.2) is 0 Å². The molecule has 0 heterocycles. The van der Waals surface area contributed by atoms with Crippen LogP contribution in [-0.4, -0.2) is 16.1 Å². The number of hydrogen-bond acceptors (Lipinski definition) is 1. The Bertz CT molecular complexity index is 51.4. The van der Waals surface area contributed by atoms with Gasteiger partial charge in [-0.05, 0) is 6.55 Å². The largest absolute Gasteiger partial charge is 0.512 e. The molecule has 0 aliphatic carbocycles. The van der Waals surface area contributed by atoms with E-state index in [4.69, 9.17) is 0 Å². The van der Waals surface area contributed by atoms with E-state index in [1.807, 2.05) is 0 Å². The lowest BCUT2D eigenvalue weighted by Crippen LogP contribution is -2.14. The maximum absolute atomic E-state index is 10.8. The van der Waals surface area contributed by atoms with Crippen molar-refractivity contribution in [3.05, 3.63) is 0 Å². The number of halogens is 3. The molecule has 0 atom stereocenters. The molecule has 0 aliphatic heterocycles. The van der Waals surface area contributed by atoms with Crippen molar-refractivity contribution in [1.82, 2.24) is 0 Å². The predicted molar refractivity (Wildman–Crippen MR) is 18.8 cm³/mol. The van der Waals surface area contributed by atoms with Crippen LogP contribution in [0.5, 0.6) is 0 Å². The Hall–Kier alpha value is -0.0331. The second kappa shape index (κ2) is 2.32. The molecule has 0 aliphatic rings. The van der Waals surface area contributed by atoms with Crippen LogP contribution >= 0.6 is 0 Å². The Morgan fingerprint density at radius 2 is 1.86 bits per heavy atom. The van der Waals surface area contributed by atoms with Gasteiger partial charge in [0.1, 0.15) is 0 Å². The van der Waals surface area contributed by atoms with Crippen LogP contribution in [0.2, 0.25) is 6.55 Å². The fourth-order valence-corrected chi connectivity index (χ4v) is 0.347. The molecule has 0 aromatic rings. The standard InChI is InChI=1S/C2H3F3OSi/c1-7-6-2(3,4)5/h1H3. The van der Waals surface area contributed by atoms with Crippen molar-refractivity contribution >= 4 is 9.76 Å². The zero-order valence-corrected chi connectivity index (χ0v) is 4.54. The highest BCUT2D eigenvalue weighted by molar-refractivity contribution is 6.24. The summed E-state index contributed by atoms with van der Waals surface area (Å²) in [6.45, 7) is 1.31. The monoisotopic (exact) mass is 128 g/mol. The molecule has 0 bridgehead atoms. The molecular weight excluding hydrogens is 125 g/mol. The molecule has 0 spiro atoms. The molecular formula is C2H3F3OSi. The highest BCUT2D eigenvalue weighted by Crippen LogP contribution is 2.14. The summed E-state index contributed by atoms with van der Waals surface area (Å²) in [5, 5.41) is 0. The van der Waals surface area contributed by atoms with E-state index in [9.17, 15) is 13.2 Å². The first kappa shape index (κ1) is 6.97. The Balaban J connectivity index is 3.15. The minimum Gasteiger partial charge on any atom is -0.335 e. The molecule has 0 aromatic carbocycles. The van der Waals surface area contributed by atoms with E-state index in [0.717, 1.165) is 0 Å². The molecule has 0 N–H and O–H groups in total. The van der Waals surface area contributed by atoms with Crippen LogP contribution in [0.4, 0.5) is 13.2 Å². The predicted octanol–water partition coefficient (Wildman–Crippen LogP) is 1.19. The molecule has 5 heteroatoms. The smallest absolute Gasteiger partial charge is 0.335 e. The highest BCUT2D eigenvalue weighted by Gasteiger charge is 2.27. The van der Waals surface area contributed by atoms with Gasteiger partial charge in [0.25, 0.3) is 0 Å². The van der Waals surface area contributed by atoms with Crippen LogP contribution < -0.4 is 0 Å². The van der Waals surface area contributed by atoms with E-state index in [1.54, 1.807) is 0 Å². The molecule has 0 rings (SSSR count). The van der Waals surface area contributed by atoms with Gasteiger partial charge >= 0.3 is 6.36 Å². The molecule has 42 valence electrons. The fraction of sp³-hybridized carbons (Fsp3) is 1.00. The summed E-state index contributed by atoms with van der Waals surface area (Å²) in [6, 6.07) is 0. The minimum atomic E-state index is -4.44. The summed E-state index contributed by atoms with van der Waals surface area (Å²) < 4.78 is 35.8. The maximum Gasteiger partial charge on any atom is 0.512 e. The Morgan fingerprint density at radius 3 is 1.86 bits per heavy atom. The number of hydrogen-bond donors (Lipinski definition) is 0. The van der Waals surface area contributed by atoms with Gasteiger partial charge in [-0.15, -0.1) is 13.2 Å². The average Bonchev–Trinajstić information content (AvgIpc) is 1.30. The van der Waals surface area contributed by atoms with E-state index in [1.165, 1.54) is 6.55 Å². The Kier molecular flexibility index (Phi) is 2.31. The van der Waals surface area contributed by atoms with Crippen LogP contribution in [0.25, 0.3) is 0 Å². The maximum atomic E-state index is 10.8. The van der Waals surface area contributed by atoms with Gasteiger partial charge < -0.3 is 4.43 Å². The molecule has 0 saturated carbocycles. The highest BCUT2D eigenvalue weighted by atomic mass is 28.2. The van der Waals surface area contributed by atoms with E-state index < -0.39 is 16.1 Å². The average molecular weight is 128 g/mol. The summed E-state index contributed by atoms with van der Waals surface area (Å²) in [7, 11) is -0.516. The molecule has 7 heavy (non-hydrogen) atoms. The summed E-state index contributed by atoms with van der Waals surface area (Å²) in [6.07, 6.45) is -4.44. The SMILES string of the molecule is C[Si]OC(F)(F)F. The molecule has 0 aromatic heterocycles. The third-order valence-electron chi connectivity index (χ3n) is 0.218. The van der Waals surface area contributed by atoms with Crippen molar-refractivity contribution in [2.24, 2.45) is 0 Å². The van der Waals surface area contributed by atoms with Gasteiger partial charge in [-0.1, -0.05) is 0 Å². The lowest BCUT2D eigenvalue weighted by atomic mass is 11.4. The van der Waals surface area contributed by atoms with Crippen molar-refractivity contribution in [3.8, 4) is 0 Å². The van der Waals surface area contributed by atoms with Crippen molar-refractivity contribution in [2.45, 2.75) is 12.9 Å². The summed E-state index contributed by atoms with van der Waals surface area (Å²) in [5.74, 6) is 0. The third-order valence-corrected chi connectivity index (χ3v) is 0.653. The zero-order valence-electron chi connectivity index (χ0n) is 3.54. The van der Waals surface area contributed by atoms with Gasteiger partial charge in [-0.25, -0.2) is 0 Å². The van der Waals surface area contributed by atoms with Crippen molar-refractivity contribution in [1.29, 1.82) is 0 Å². The van der Waals surface area contributed by atoms with Crippen LogP contribution in [0.1, 0.15) is 0 Å². The molecule has 1 nitrogen and oxygen atoms in total. The molecule has 0 fully saturated rings. The fourth-order valence-electron chi connectivity index (χ4n) is 0.116. The van der Waals surface area contributed by atoms with E-state index >= 15 is 0 Å². The summed E-state index contributed by atoms with van der Waals surface area (Å²) in [5.41, 5.74) is 0. The molecule has 0 unspecified atom stereocenters. The first-order valence-corrected chi connectivity index (χ1v) is 2.88. The van der Waals surface area contributed by atoms with Gasteiger partial charge in [-0.3, -0.25) is 0 Å². The first-order chi connectivity index (χ1) is 3.06. The topological polar surface area (TPSA) is 9.23 Å². The van der Waals surface area contributed by atoms with Gasteiger partial charge in [0, 0.05) is 0 Å². The Labute approximate surface area is 41.4 Å². The lowest BCUT2D eigenvalue weighted by molar-refractivity contribution is -0.275.